The molecule has 0 amide bonds. The van der Waals surface area contributed by atoms with Crippen LogP contribution in [0.5, 0.6) is 5.75 Å². The fourth-order valence-electron chi connectivity index (χ4n) is 3.07. The summed E-state index contributed by atoms with van der Waals surface area (Å²) in [4.78, 5) is 9.07. The average molecular weight is 374 g/mol. The smallest absolute Gasteiger partial charge is 0.184 e. The quantitative estimate of drug-likeness (QED) is 0.535. The van der Waals surface area contributed by atoms with E-state index in [4.69, 9.17) is 4.74 Å². The second-order valence-electron chi connectivity index (χ2n) is 6.55. The summed E-state index contributed by atoms with van der Waals surface area (Å²) < 4.78 is 7.01. The third-order valence-electron chi connectivity index (χ3n) is 4.51. The second kappa shape index (κ2) is 8.04. The molecular weight excluding hydrogens is 352 g/mol. The van der Waals surface area contributed by atoms with Crippen molar-refractivity contribution in [2.45, 2.75) is 19.9 Å². The Morgan fingerprint density at radius 2 is 1.75 bits per heavy atom. The number of anilines is 1. The minimum Gasteiger partial charge on any atom is -0.497 e. The summed E-state index contributed by atoms with van der Waals surface area (Å²) in [5.74, 6) is 2.27. The van der Waals surface area contributed by atoms with Crippen molar-refractivity contribution in [3.05, 3.63) is 71.5 Å². The molecule has 0 bridgehead atoms. The van der Waals surface area contributed by atoms with Crippen LogP contribution in [-0.2, 0) is 13.0 Å². The molecular formula is C21H22N6O. The van der Waals surface area contributed by atoms with Crippen LogP contribution in [-0.4, -0.2) is 38.6 Å². The van der Waals surface area contributed by atoms with Gasteiger partial charge in [0.1, 0.15) is 11.6 Å². The van der Waals surface area contributed by atoms with Crippen LogP contribution in [0.25, 0.3) is 11.2 Å². The Balaban J connectivity index is 1.50. The highest BCUT2D eigenvalue weighted by molar-refractivity contribution is 5.82. The molecule has 0 aliphatic rings. The average Bonchev–Trinajstić information content (AvgIpc) is 3.12. The summed E-state index contributed by atoms with van der Waals surface area (Å²) in [6.07, 6.45) is 0.868. The number of aryl methyl sites for hydroxylation is 1. The largest absolute Gasteiger partial charge is 0.497 e. The molecule has 142 valence electrons. The van der Waals surface area contributed by atoms with Gasteiger partial charge in [0.25, 0.3) is 0 Å². The van der Waals surface area contributed by atoms with Gasteiger partial charge in [0, 0.05) is 6.54 Å². The minimum absolute atomic E-state index is 0.624. The van der Waals surface area contributed by atoms with Gasteiger partial charge >= 0.3 is 0 Å². The van der Waals surface area contributed by atoms with Gasteiger partial charge in [-0.05, 0) is 36.6 Å². The lowest BCUT2D eigenvalue weighted by molar-refractivity contribution is 0.414. The predicted molar refractivity (Wildman–Crippen MR) is 109 cm³/mol. The van der Waals surface area contributed by atoms with Gasteiger partial charge in [0.2, 0.25) is 0 Å². The molecule has 0 aliphatic carbocycles. The van der Waals surface area contributed by atoms with E-state index in [1.807, 2.05) is 41.9 Å². The molecule has 0 aliphatic heterocycles. The number of methoxy groups -OCH3 is 1. The molecule has 0 saturated carbocycles. The van der Waals surface area contributed by atoms with Gasteiger partial charge < -0.3 is 10.1 Å². The van der Waals surface area contributed by atoms with Crippen molar-refractivity contribution in [2.75, 3.05) is 19.0 Å². The molecule has 4 rings (SSSR count). The van der Waals surface area contributed by atoms with Gasteiger partial charge in [0.05, 0.1) is 13.7 Å². The lowest BCUT2D eigenvalue weighted by Crippen LogP contribution is -2.09. The van der Waals surface area contributed by atoms with E-state index >= 15 is 0 Å². The maximum Gasteiger partial charge on any atom is 0.184 e. The molecule has 7 heteroatoms. The number of hydrogen-bond donors (Lipinski definition) is 1. The van der Waals surface area contributed by atoms with Crippen molar-refractivity contribution in [1.82, 2.24) is 25.0 Å². The highest BCUT2D eigenvalue weighted by atomic mass is 16.5. The van der Waals surface area contributed by atoms with E-state index in [0.717, 1.165) is 35.7 Å². The minimum atomic E-state index is 0.624. The predicted octanol–water partition coefficient (Wildman–Crippen LogP) is 3.24. The van der Waals surface area contributed by atoms with Gasteiger partial charge in [0.15, 0.2) is 17.0 Å². The van der Waals surface area contributed by atoms with Crippen molar-refractivity contribution in [1.29, 1.82) is 0 Å². The number of ether oxygens (including phenoxy) is 1. The number of hydrogen-bond acceptors (Lipinski definition) is 6. The standard InChI is InChI=1S/C21H22N6O/c1-15-23-20(22-13-12-16-8-10-18(28-2)11-9-16)19-21(24-15)27(26-25-19)14-17-6-4-3-5-7-17/h3-11H,12-14H2,1-2H3,(H,22,23,24). The molecule has 4 aromatic rings. The van der Waals surface area contributed by atoms with Crippen LogP contribution in [0.3, 0.4) is 0 Å². The van der Waals surface area contributed by atoms with Crippen LogP contribution in [0.15, 0.2) is 54.6 Å². The van der Waals surface area contributed by atoms with E-state index in [0.29, 0.717) is 17.9 Å². The number of benzene rings is 2. The highest BCUT2D eigenvalue weighted by Crippen LogP contribution is 2.19. The third kappa shape index (κ3) is 3.93. The molecule has 0 unspecified atom stereocenters. The van der Waals surface area contributed by atoms with Crippen molar-refractivity contribution in [3.63, 3.8) is 0 Å². The van der Waals surface area contributed by atoms with Crippen molar-refractivity contribution in [3.8, 4) is 5.75 Å². The summed E-state index contributed by atoms with van der Waals surface area (Å²) >= 11 is 0. The van der Waals surface area contributed by atoms with E-state index in [1.165, 1.54) is 5.56 Å². The highest BCUT2D eigenvalue weighted by Gasteiger charge is 2.13. The number of fused-ring (bicyclic) bond motifs is 1. The Kier molecular flexibility index (Phi) is 5.14. The van der Waals surface area contributed by atoms with Crippen LogP contribution in [0, 0.1) is 6.92 Å². The fourth-order valence-corrected chi connectivity index (χ4v) is 3.07. The van der Waals surface area contributed by atoms with E-state index in [9.17, 15) is 0 Å². The summed E-state index contributed by atoms with van der Waals surface area (Å²) in [5.41, 5.74) is 3.81. The van der Waals surface area contributed by atoms with Crippen LogP contribution in [0.4, 0.5) is 5.82 Å². The Bertz CT molecular complexity index is 1060. The molecule has 0 spiro atoms. The maximum absolute atomic E-state index is 5.20. The number of aromatic nitrogens is 5. The normalized spacial score (nSPS) is 10.9. The molecule has 0 atom stereocenters. The Hall–Kier alpha value is -3.48. The van der Waals surface area contributed by atoms with Crippen LogP contribution in [0.2, 0.25) is 0 Å². The van der Waals surface area contributed by atoms with Crippen LogP contribution in [0.1, 0.15) is 17.0 Å². The molecule has 2 aromatic heterocycles. The van der Waals surface area contributed by atoms with E-state index < -0.39 is 0 Å². The van der Waals surface area contributed by atoms with Gasteiger partial charge in [-0.2, -0.15) is 0 Å². The topological polar surface area (TPSA) is 77.8 Å². The molecule has 2 aromatic carbocycles. The molecule has 28 heavy (non-hydrogen) atoms. The Labute approximate surface area is 163 Å². The van der Waals surface area contributed by atoms with Gasteiger partial charge in [-0.1, -0.05) is 47.7 Å². The van der Waals surface area contributed by atoms with E-state index in [2.05, 4.69) is 49.9 Å². The molecule has 0 radical (unpaired) electrons. The van der Waals surface area contributed by atoms with Crippen LogP contribution >= 0.6 is 0 Å². The first-order chi connectivity index (χ1) is 13.7. The summed E-state index contributed by atoms with van der Waals surface area (Å²) in [6, 6.07) is 18.2. The molecule has 0 saturated heterocycles. The monoisotopic (exact) mass is 374 g/mol. The number of rotatable bonds is 7. The van der Waals surface area contributed by atoms with Crippen molar-refractivity contribution in [2.24, 2.45) is 0 Å². The van der Waals surface area contributed by atoms with Gasteiger partial charge in [-0.15, -0.1) is 5.10 Å². The zero-order valence-electron chi connectivity index (χ0n) is 16.0. The molecule has 7 nitrogen and oxygen atoms in total. The Morgan fingerprint density at radius 3 is 2.50 bits per heavy atom. The first-order valence-corrected chi connectivity index (χ1v) is 9.21. The zero-order chi connectivity index (χ0) is 19.3. The Morgan fingerprint density at radius 1 is 0.964 bits per heavy atom. The first kappa shape index (κ1) is 17.9. The lowest BCUT2D eigenvalue weighted by Gasteiger charge is -2.08. The summed E-state index contributed by atoms with van der Waals surface area (Å²) in [7, 11) is 1.67. The fraction of sp³-hybridized carbons (Fsp3) is 0.238. The zero-order valence-corrected chi connectivity index (χ0v) is 16.0. The van der Waals surface area contributed by atoms with Crippen LogP contribution < -0.4 is 10.1 Å². The number of nitrogens with one attached hydrogen (secondary N) is 1. The summed E-state index contributed by atoms with van der Waals surface area (Å²) in [6.45, 7) is 3.25. The SMILES string of the molecule is COc1ccc(CCNc2nc(C)nc3c2nnn3Cc2ccccc2)cc1. The first-order valence-electron chi connectivity index (χ1n) is 9.21. The maximum atomic E-state index is 5.20. The molecule has 0 fully saturated rings. The van der Waals surface area contributed by atoms with E-state index in [1.54, 1.807) is 7.11 Å². The summed E-state index contributed by atoms with van der Waals surface area (Å²) in [5, 5.41) is 12.0. The third-order valence-corrected chi connectivity index (χ3v) is 4.51. The molecule has 2 heterocycles. The van der Waals surface area contributed by atoms with Gasteiger partial charge in [-0.3, -0.25) is 0 Å². The number of nitrogens with zero attached hydrogens (tertiary/aromatic N) is 5. The second-order valence-corrected chi connectivity index (χ2v) is 6.55. The van der Waals surface area contributed by atoms with Gasteiger partial charge in [-0.25, -0.2) is 14.6 Å². The van der Waals surface area contributed by atoms with E-state index in [-0.39, 0.29) is 0 Å². The molecule has 1 N–H and O–H groups in total. The van der Waals surface area contributed by atoms with Crippen molar-refractivity contribution >= 4 is 17.0 Å². The van der Waals surface area contributed by atoms with Crippen molar-refractivity contribution < 1.29 is 4.74 Å². The lowest BCUT2D eigenvalue weighted by atomic mass is 10.1.